The summed E-state index contributed by atoms with van der Waals surface area (Å²) in [6.45, 7) is 2.16. The Kier molecular flexibility index (Phi) is 2.09. The summed E-state index contributed by atoms with van der Waals surface area (Å²) in [4.78, 5) is 0. The van der Waals surface area contributed by atoms with E-state index >= 15 is 0 Å². The van der Waals surface area contributed by atoms with Crippen LogP contribution in [0, 0.1) is 11.8 Å². The van der Waals surface area contributed by atoms with E-state index in [-0.39, 0.29) is 5.92 Å². The molecule has 2 nitrogen and oxygen atoms in total. The number of hydrogen-bond acceptors (Lipinski definition) is 2. The van der Waals surface area contributed by atoms with E-state index in [1.54, 1.807) is 0 Å². The molecule has 0 aromatic carbocycles. The summed E-state index contributed by atoms with van der Waals surface area (Å²) < 4.78 is 0. The molecule has 9 heavy (non-hydrogen) atoms. The molecule has 0 saturated heterocycles. The van der Waals surface area contributed by atoms with Crippen LogP contribution in [0.2, 0.25) is 0 Å². The molecule has 1 rings (SSSR count). The van der Waals surface area contributed by atoms with Gasteiger partial charge >= 0.3 is 0 Å². The van der Waals surface area contributed by atoms with Crippen molar-refractivity contribution < 1.29 is 10.2 Å². The van der Waals surface area contributed by atoms with Crippen LogP contribution in [0.15, 0.2) is 0 Å². The lowest BCUT2D eigenvalue weighted by Crippen LogP contribution is -2.16. The highest BCUT2D eigenvalue weighted by Crippen LogP contribution is 2.31. The molecular formula is C7H14O2. The van der Waals surface area contributed by atoms with Crippen molar-refractivity contribution in [3.05, 3.63) is 0 Å². The van der Waals surface area contributed by atoms with E-state index in [9.17, 15) is 0 Å². The molecule has 1 aliphatic rings. The van der Waals surface area contributed by atoms with E-state index < -0.39 is 6.29 Å². The fraction of sp³-hybridized carbons (Fsp3) is 1.00. The van der Waals surface area contributed by atoms with E-state index in [1.165, 1.54) is 0 Å². The molecule has 2 N–H and O–H groups in total. The molecule has 0 unspecified atom stereocenters. The standard InChI is InChI=1S/C7H14O2/c1-5-2-3-6(4-5)7(8)9/h5-9H,2-4H2,1H3/t5-,6+/m0/s1. The van der Waals surface area contributed by atoms with E-state index in [1.807, 2.05) is 0 Å². The first-order valence-corrected chi connectivity index (χ1v) is 3.56. The Morgan fingerprint density at radius 1 is 1.33 bits per heavy atom. The molecule has 0 spiro atoms. The fourth-order valence-electron chi connectivity index (χ4n) is 1.52. The first-order chi connectivity index (χ1) is 4.20. The van der Waals surface area contributed by atoms with Gasteiger partial charge in [0.25, 0.3) is 0 Å². The average molecular weight is 130 g/mol. The van der Waals surface area contributed by atoms with Crippen LogP contribution in [0.5, 0.6) is 0 Å². The van der Waals surface area contributed by atoms with Gasteiger partial charge in [-0.15, -0.1) is 0 Å². The minimum Gasteiger partial charge on any atom is -0.368 e. The summed E-state index contributed by atoms with van der Waals surface area (Å²) in [5.74, 6) is 0.844. The Morgan fingerprint density at radius 2 is 2.00 bits per heavy atom. The van der Waals surface area contributed by atoms with Gasteiger partial charge in [0.1, 0.15) is 0 Å². The van der Waals surface area contributed by atoms with Gasteiger partial charge in [0.05, 0.1) is 0 Å². The lowest BCUT2D eigenvalue weighted by atomic mass is 10.1. The van der Waals surface area contributed by atoms with Crippen LogP contribution in [0.3, 0.4) is 0 Å². The van der Waals surface area contributed by atoms with Crippen molar-refractivity contribution in [2.24, 2.45) is 11.8 Å². The van der Waals surface area contributed by atoms with Crippen molar-refractivity contribution in [2.45, 2.75) is 32.5 Å². The second kappa shape index (κ2) is 2.67. The SMILES string of the molecule is C[C@H]1CC[C@@H](C(O)O)C1. The van der Waals surface area contributed by atoms with Gasteiger partial charge in [-0.1, -0.05) is 13.3 Å². The maximum atomic E-state index is 8.73. The number of hydrogen-bond donors (Lipinski definition) is 2. The Labute approximate surface area is 55.5 Å². The van der Waals surface area contributed by atoms with Crippen molar-refractivity contribution in [1.29, 1.82) is 0 Å². The third kappa shape index (κ3) is 1.66. The zero-order valence-electron chi connectivity index (χ0n) is 5.75. The molecule has 0 radical (unpaired) electrons. The van der Waals surface area contributed by atoms with E-state index in [0.717, 1.165) is 19.3 Å². The normalized spacial score (nSPS) is 36.0. The summed E-state index contributed by atoms with van der Waals surface area (Å²) >= 11 is 0. The van der Waals surface area contributed by atoms with Gasteiger partial charge in [0.2, 0.25) is 0 Å². The second-order valence-corrected chi connectivity index (χ2v) is 3.09. The molecule has 0 aromatic rings. The Bertz CT molecular complexity index is 90.9. The van der Waals surface area contributed by atoms with Crippen LogP contribution in [-0.4, -0.2) is 16.5 Å². The zero-order valence-corrected chi connectivity index (χ0v) is 5.75. The molecule has 54 valence electrons. The highest BCUT2D eigenvalue weighted by atomic mass is 16.5. The molecule has 0 aromatic heterocycles. The number of aliphatic hydroxyl groups excluding tert-OH is 1. The second-order valence-electron chi connectivity index (χ2n) is 3.09. The third-order valence-electron chi connectivity index (χ3n) is 2.16. The minimum atomic E-state index is -1.07. The topological polar surface area (TPSA) is 40.5 Å². The van der Waals surface area contributed by atoms with E-state index in [4.69, 9.17) is 10.2 Å². The summed E-state index contributed by atoms with van der Waals surface area (Å²) in [7, 11) is 0. The molecule has 1 fully saturated rings. The highest BCUT2D eigenvalue weighted by Gasteiger charge is 2.25. The molecule has 1 aliphatic carbocycles. The molecule has 2 heteroatoms. The smallest absolute Gasteiger partial charge is 0.154 e. The molecule has 0 aliphatic heterocycles. The van der Waals surface area contributed by atoms with Crippen molar-refractivity contribution in [3.8, 4) is 0 Å². The molecule has 2 atom stereocenters. The number of rotatable bonds is 1. The minimum absolute atomic E-state index is 0.153. The predicted molar refractivity (Wildman–Crippen MR) is 34.7 cm³/mol. The van der Waals surface area contributed by atoms with Gasteiger partial charge in [0, 0.05) is 5.92 Å². The summed E-state index contributed by atoms with van der Waals surface area (Å²) in [5, 5.41) is 17.5. The van der Waals surface area contributed by atoms with Crippen molar-refractivity contribution in [1.82, 2.24) is 0 Å². The largest absolute Gasteiger partial charge is 0.368 e. The number of aliphatic hydroxyl groups is 2. The average Bonchev–Trinajstić information content (AvgIpc) is 2.14. The summed E-state index contributed by atoms with van der Waals surface area (Å²) in [6.07, 6.45) is 2.05. The van der Waals surface area contributed by atoms with Crippen LogP contribution >= 0.6 is 0 Å². The van der Waals surface area contributed by atoms with Gasteiger partial charge < -0.3 is 10.2 Å². The van der Waals surface area contributed by atoms with Crippen LogP contribution in [-0.2, 0) is 0 Å². The summed E-state index contributed by atoms with van der Waals surface area (Å²) in [5.41, 5.74) is 0. The highest BCUT2D eigenvalue weighted by molar-refractivity contribution is 4.73. The zero-order chi connectivity index (χ0) is 6.85. The van der Waals surface area contributed by atoms with Crippen LogP contribution < -0.4 is 0 Å². The Morgan fingerprint density at radius 3 is 2.22 bits per heavy atom. The molecule has 0 heterocycles. The lowest BCUT2D eigenvalue weighted by Gasteiger charge is -2.10. The van der Waals surface area contributed by atoms with Crippen molar-refractivity contribution in [2.75, 3.05) is 0 Å². The van der Waals surface area contributed by atoms with Crippen molar-refractivity contribution >= 4 is 0 Å². The molecule has 0 amide bonds. The van der Waals surface area contributed by atoms with Gasteiger partial charge in [-0.05, 0) is 18.8 Å². The molecule has 1 saturated carbocycles. The van der Waals surface area contributed by atoms with Crippen LogP contribution in [0.1, 0.15) is 26.2 Å². The molecular weight excluding hydrogens is 116 g/mol. The maximum absolute atomic E-state index is 8.73. The molecule has 0 bridgehead atoms. The lowest BCUT2D eigenvalue weighted by molar-refractivity contribution is -0.0822. The van der Waals surface area contributed by atoms with Crippen LogP contribution in [0.4, 0.5) is 0 Å². The Balaban J connectivity index is 2.30. The van der Waals surface area contributed by atoms with Crippen LogP contribution in [0.25, 0.3) is 0 Å². The maximum Gasteiger partial charge on any atom is 0.154 e. The quantitative estimate of drug-likeness (QED) is 0.514. The monoisotopic (exact) mass is 130 g/mol. The first kappa shape index (κ1) is 7.03. The fourth-order valence-corrected chi connectivity index (χ4v) is 1.52. The van der Waals surface area contributed by atoms with Gasteiger partial charge in [0.15, 0.2) is 6.29 Å². The first-order valence-electron chi connectivity index (χ1n) is 3.56. The predicted octanol–water partition coefficient (Wildman–Crippen LogP) is 0.733. The summed E-state index contributed by atoms with van der Waals surface area (Å²) in [6, 6.07) is 0. The van der Waals surface area contributed by atoms with E-state index in [0.29, 0.717) is 5.92 Å². The van der Waals surface area contributed by atoms with E-state index in [2.05, 4.69) is 6.92 Å². The third-order valence-corrected chi connectivity index (χ3v) is 2.16. The van der Waals surface area contributed by atoms with Gasteiger partial charge in [-0.25, -0.2) is 0 Å². The van der Waals surface area contributed by atoms with Crippen molar-refractivity contribution in [3.63, 3.8) is 0 Å². The van der Waals surface area contributed by atoms with Gasteiger partial charge in [-0.2, -0.15) is 0 Å². The van der Waals surface area contributed by atoms with Gasteiger partial charge in [-0.3, -0.25) is 0 Å². The Hall–Kier alpha value is -0.0800.